The van der Waals surface area contributed by atoms with Crippen molar-refractivity contribution in [3.63, 3.8) is 0 Å². The number of nitrogens with one attached hydrogen (secondary N) is 1. The van der Waals surface area contributed by atoms with Crippen LogP contribution in [0.4, 0.5) is 0 Å². The van der Waals surface area contributed by atoms with E-state index >= 15 is 0 Å². The summed E-state index contributed by atoms with van der Waals surface area (Å²) < 4.78 is 15.9. The molecule has 1 N–H and O–H groups in total. The van der Waals surface area contributed by atoms with E-state index in [0.29, 0.717) is 6.04 Å². The first-order chi connectivity index (χ1) is 7.33. The molecule has 0 heterocycles. The molecule has 1 rings (SSSR count). The Morgan fingerprint density at radius 2 is 2.13 bits per heavy atom. The molecule has 0 aromatic carbocycles. The van der Waals surface area contributed by atoms with Crippen molar-refractivity contribution in [2.24, 2.45) is 0 Å². The molecule has 90 valence electrons. The van der Waals surface area contributed by atoms with Crippen LogP contribution in [0, 0.1) is 0 Å². The van der Waals surface area contributed by atoms with Gasteiger partial charge in [-0.3, -0.25) is 0 Å². The second kappa shape index (κ2) is 7.17. The lowest BCUT2D eigenvalue weighted by Gasteiger charge is -2.43. The minimum atomic E-state index is 0.215. The van der Waals surface area contributed by atoms with E-state index in [1.54, 1.807) is 14.2 Å². The Balaban J connectivity index is 2.10. The summed E-state index contributed by atoms with van der Waals surface area (Å²) in [5, 5.41) is 3.46. The minimum absolute atomic E-state index is 0.215. The number of rotatable bonds is 8. The molecule has 1 aliphatic carbocycles. The van der Waals surface area contributed by atoms with Gasteiger partial charge in [0.1, 0.15) is 0 Å². The van der Waals surface area contributed by atoms with E-state index in [-0.39, 0.29) is 12.2 Å². The zero-order chi connectivity index (χ0) is 11.1. The normalized spacial score (nSPS) is 30.2. The van der Waals surface area contributed by atoms with Crippen LogP contribution in [0.15, 0.2) is 0 Å². The third-order valence-corrected chi connectivity index (χ3v) is 2.83. The van der Waals surface area contributed by atoms with Gasteiger partial charge in [-0.15, -0.1) is 0 Å². The molecule has 1 aliphatic rings. The summed E-state index contributed by atoms with van der Waals surface area (Å²) in [4.78, 5) is 0. The van der Waals surface area contributed by atoms with Gasteiger partial charge in [0.05, 0.1) is 12.2 Å². The Hall–Kier alpha value is -0.160. The van der Waals surface area contributed by atoms with Gasteiger partial charge in [-0.2, -0.15) is 0 Å². The molecule has 0 radical (unpaired) electrons. The maximum Gasteiger partial charge on any atom is 0.0986 e. The molecule has 3 atom stereocenters. The average Bonchev–Trinajstić information content (AvgIpc) is 2.21. The zero-order valence-corrected chi connectivity index (χ0v) is 9.99. The van der Waals surface area contributed by atoms with Crippen molar-refractivity contribution in [1.82, 2.24) is 5.32 Å². The van der Waals surface area contributed by atoms with Crippen molar-refractivity contribution in [3.8, 4) is 0 Å². The van der Waals surface area contributed by atoms with E-state index in [4.69, 9.17) is 14.2 Å². The fraction of sp³-hybridized carbons (Fsp3) is 1.00. The van der Waals surface area contributed by atoms with Crippen LogP contribution in [0.1, 0.15) is 19.8 Å². The molecule has 1 saturated carbocycles. The Morgan fingerprint density at radius 3 is 2.73 bits per heavy atom. The maximum absolute atomic E-state index is 5.55. The van der Waals surface area contributed by atoms with Gasteiger partial charge in [0, 0.05) is 33.5 Å². The Kier molecular flexibility index (Phi) is 6.17. The number of ether oxygens (including phenoxy) is 3. The number of hydrogen-bond donors (Lipinski definition) is 1. The summed E-state index contributed by atoms with van der Waals surface area (Å²) in [6.07, 6.45) is 2.59. The molecule has 4 heteroatoms. The van der Waals surface area contributed by atoms with Crippen molar-refractivity contribution in [2.75, 3.05) is 34.0 Å². The second-order valence-corrected chi connectivity index (χ2v) is 3.84. The lowest BCUT2D eigenvalue weighted by Crippen LogP contribution is -2.59. The highest BCUT2D eigenvalue weighted by atomic mass is 16.5. The van der Waals surface area contributed by atoms with Crippen molar-refractivity contribution >= 4 is 0 Å². The molecule has 0 amide bonds. The third kappa shape index (κ3) is 3.72. The molecular formula is C11H23NO3. The third-order valence-electron chi connectivity index (χ3n) is 2.83. The molecule has 1 fully saturated rings. The second-order valence-electron chi connectivity index (χ2n) is 3.84. The summed E-state index contributed by atoms with van der Waals surface area (Å²) in [5.74, 6) is 0. The van der Waals surface area contributed by atoms with E-state index in [1.165, 1.54) is 0 Å². The topological polar surface area (TPSA) is 39.7 Å². The van der Waals surface area contributed by atoms with Crippen molar-refractivity contribution < 1.29 is 14.2 Å². The summed E-state index contributed by atoms with van der Waals surface area (Å²) in [6, 6.07) is 0.448. The van der Waals surface area contributed by atoms with Crippen LogP contribution in [0.2, 0.25) is 0 Å². The van der Waals surface area contributed by atoms with E-state index in [1.807, 2.05) is 6.92 Å². The first-order valence-corrected chi connectivity index (χ1v) is 5.70. The highest BCUT2D eigenvalue weighted by Gasteiger charge is 2.41. The largest absolute Gasteiger partial charge is 0.385 e. The Labute approximate surface area is 92.3 Å². The van der Waals surface area contributed by atoms with Gasteiger partial charge < -0.3 is 19.5 Å². The van der Waals surface area contributed by atoms with Crippen LogP contribution in [-0.2, 0) is 14.2 Å². The highest BCUT2D eigenvalue weighted by Crippen LogP contribution is 2.26. The molecule has 4 nitrogen and oxygen atoms in total. The van der Waals surface area contributed by atoms with Crippen molar-refractivity contribution in [3.05, 3.63) is 0 Å². The van der Waals surface area contributed by atoms with Gasteiger partial charge in [0.15, 0.2) is 0 Å². The molecule has 0 aromatic heterocycles. The van der Waals surface area contributed by atoms with Crippen molar-refractivity contribution in [1.29, 1.82) is 0 Å². The van der Waals surface area contributed by atoms with Gasteiger partial charge in [-0.1, -0.05) is 0 Å². The average molecular weight is 217 g/mol. The molecule has 0 aliphatic heterocycles. The fourth-order valence-corrected chi connectivity index (χ4v) is 1.98. The molecule has 0 aromatic rings. The van der Waals surface area contributed by atoms with Crippen molar-refractivity contribution in [2.45, 2.75) is 38.0 Å². The standard InChI is InChI=1S/C11H23NO3/c1-4-15-10-8-9(11(10)14-3)12-6-5-7-13-2/h9-12H,4-8H2,1-3H3. The smallest absolute Gasteiger partial charge is 0.0986 e. The van der Waals surface area contributed by atoms with E-state index < -0.39 is 0 Å². The number of methoxy groups -OCH3 is 2. The summed E-state index contributed by atoms with van der Waals surface area (Å²) in [6.45, 7) is 4.58. The predicted molar refractivity (Wildman–Crippen MR) is 59.1 cm³/mol. The van der Waals surface area contributed by atoms with Crippen LogP contribution in [0.25, 0.3) is 0 Å². The summed E-state index contributed by atoms with van der Waals surface area (Å²) in [7, 11) is 3.48. The van der Waals surface area contributed by atoms with Gasteiger partial charge in [-0.25, -0.2) is 0 Å². The van der Waals surface area contributed by atoms with Gasteiger partial charge in [0.2, 0.25) is 0 Å². The molecule has 3 unspecified atom stereocenters. The Bertz CT molecular complexity index is 166. The molecule has 0 saturated heterocycles. The quantitative estimate of drug-likeness (QED) is 0.611. The summed E-state index contributed by atoms with van der Waals surface area (Å²) in [5.41, 5.74) is 0. The van der Waals surface area contributed by atoms with E-state index in [2.05, 4.69) is 5.32 Å². The maximum atomic E-state index is 5.55. The van der Waals surface area contributed by atoms with Gasteiger partial charge in [0.25, 0.3) is 0 Å². The monoisotopic (exact) mass is 217 g/mol. The predicted octanol–water partition coefficient (Wildman–Crippen LogP) is 0.805. The first-order valence-electron chi connectivity index (χ1n) is 5.70. The van der Waals surface area contributed by atoms with E-state index in [9.17, 15) is 0 Å². The lowest BCUT2D eigenvalue weighted by atomic mass is 9.85. The van der Waals surface area contributed by atoms with E-state index in [0.717, 1.165) is 32.6 Å². The van der Waals surface area contributed by atoms with Crippen LogP contribution in [0.3, 0.4) is 0 Å². The van der Waals surface area contributed by atoms with Crippen LogP contribution in [0.5, 0.6) is 0 Å². The zero-order valence-electron chi connectivity index (χ0n) is 9.99. The minimum Gasteiger partial charge on any atom is -0.385 e. The van der Waals surface area contributed by atoms with Crippen LogP contribution in [-0.4, -0.2) is 52.2 Å². The highest BCUT2D eigenvalue weighted by molar-refractivity contribution is 4.96. The van der Waals surface area contributed by atoms with Gasteiger partial charge >= 0.3 is 0 Å². The molecule has 0 spiro atoms. The summed E-state index contributed by atoms with van der Waals surface area (Å²) >= 11 is 0. The molecule has 0 bridgehead atoms. The molecular weight excluding hydrogens is 194 g/mol. The van der Waals surface area contributed by atoms with Gasteiger partial charge in [-0.05, 0) is 26.3 Å². The Morgan fingerprint density at radius 1 is 1.33 bits per heavy atom. The SMILES string of the molecule is CCOC1CC(NCCCOC)C1OC. The number of hydrogen-bond acceptors (Lipinski definition) is 4. The molecule has 15 heavy (non-hydrogen) atoms. The lowest BCUT2D eigenvalue weighted by molar-refractivity contribution is -0.131. The van der Waals surface area contributed by atoms with Crippen LogP contribution >= 0.6 is 0 Å². The first kappa shape index (κ1) is 12.9. The van der Waals surface area contributed by atoms with Crippen LogP contribution < -0.4 is 5.32 Å². The fourth-order valence-electron chi connectivity index (χ4n) is 1.98.